The SMILES string of the molecule is C=CC(=O)O.[Tl]. The molecule has 2 nitrogen and oxygen atoms in total. The van der Waals surface area contributed by atoms with Crippen molar-refractivity contribution in [2.75, 3.05) is 0 Å². The van der Waals surface area contributed by atoms with Gasteiger partial charge in [0.15, 0.2) is 0 Å². The topological polar surface area (TPSA) is 37.3 Å². The van der Waals surface area contributed by atoms with Gasteiger partial charge in [0.2, 0.25) is 0 Å². The molecule has 1 N–H and O–H groups in total. The van der Waals surface area contributed by atoms with Crippen molar-refractivity contribution in [3.05, 3.63) is 12.7 Å². The fourth-order valence-electron chi connectivity index (χ4n) is 0. The number of carboxylic acids is 1. The van der Waals surface area contributed by atoms with Crippen LogP contribution in [-0.4, -0.2) is 38.4 Å². The summed E-state index contributed by atoms with van der Waals surface area (Å²) in [6, 6.07) is 0. The predicted molar refractivity (Wildman–Crippen MR) is 23.6 cm³/mol. The molecule has 0 saturated heterocycles. The Morgan fingerprint density at radius 2 is 2.00 bits per heavy atom. The first-order valence-electron chi connectivity index (χ1n) is 1.12. The van der Waals surface area contributed by atoms with Crippen molar-refractivity contribution in [1.82, 2.24) is 0 Å². The molecule has 0 rings (SSSR count). The zero-order valence-electron chi connectivity index (χ0n) is 3.22. The summed E-state index contributed by atoms with van der Waals surface area (Å²) in [7, 11) is 0. The molecule has 3 heteroatoms. The van der Waals surface area contributed by atoms with E-state index in [1.54, 1.807) is 0 Å². The monoisotopic (exact) mass is 277 g/mol. The molecular formula is C3H4O2Tl. The molecule has 0 saturated carbocycles. The number of hydrogen-bond acceptors (Lipinski definition) is 1. The fraction of sp³-hybridized carbons (Fsp3) is 0. The zero-order chi connectivity index (χ0) is 4.28. The van der Waals surface area contributed by atoms with Gasteiger partial charge >= 0.3 is 5.97 Å². The molecule has 6 heavy (non-hydrogen) atoms. The van der Waals surface area contributed by atoms with E-state index in [4.69, 9.17) is 5.11 Å². The van der Waals surface area contributed by atoms with Crippen LogP contribution in [0.1, 0.15) is 0 Å². The smallest absolute Gasteiger partial charge is 0.327 e. The molecule has 0 aliphatic heterocycles. The summed E-state index contributed by atoms with van der Waals surface area (Å²) >= 11 is 0. The van der Waals surface area contributed by atoms with Gasteiger partial charge in [-0.2, -0.15) is 0 Å². The van der Waals surface area contributed by atoms with E-state index in [0.717, 1.165) is 6.08 Å². The van der Waals surface area contributed by atoms with Gasteiger partial charge in [-0.15, -0.1) is 0 Å². The average Bonchev–Trinajstić information content (AvgIpc) is 1.38. The molecule has 0 aromatic rings. The Hall–Kier alpha value is 0.132. The fourth-order valence-corrected chi connectivity index (χ4v) is 0. The minimum absolute atomic E-state index is 0. The zero-order valence-corrected chi connectivity index (χ0v) is 7.71. The van der Waals surface area contributed by atoms with Crippen LogP contribution in [0.25, 0.3) is 0 Å². The molecule has 0 fully saturated rings. The Bertz CT molecular complexity index is 59.8. The van der Waals surface area contributed by atoms with Gasteiger partial charge in [0.25, 0.3) is 0 Å². The molecule has 0 aliphatic rings. The Balaban J connectivity index is 0. The summed E-state index contributed by atoms with van der Waals surface area (Å²) in [5.41, 5.74) is 0. The van der Waals surface area contributed by atoms with Crippen molar-refractivity contribution in [2.45, 2.75) is 0 Å². The molecule has 0 aromatic carbocycles. The van der Waals surface area contributed by atoms with Crippen molar-refractivity contribution in [3.8, 4) is 0 Å². The van der Waals surface area contributed by atoms with Crippen molar-refractivity contribution >= 4 is 33.3 Å². The first-order chi connectivity index (χ1) is 2.27. The largest absolute Gasteiger partial charge is 0.478 e. The van der Waals surface area contributed by atoms with Gasteiger partial charge in [-0.25, -0.2) is 4.79 Å². The van der Waals surface area contributed by atoms with Crippen LogP contribution in [0, 0.1) is 0 Å². The maximum atomic E-state index is 9.25. The molecule has 31 valence electrons. The van der Waals surface area contributed by atoms with Gasteiger partial charge in [0.1, 0.15) is 0 Å². The van der Waals surface area contributed by atoms with Gasteiger partial charge in [-0.05, 0) is 0 Å². The summed E-state index contributed by atoms with van der Waals surface area (Å²) in [6.45, 7) is 2.96. The number of aliphatic carboxylic acids is 1. The van der Waals surface area contributed by atoms with Gasteiger partial charge in [0, 0.05) is 33.4 Å². The summed E-state index contributed by atoms with van der Waals surface area (Å²) < 4.78 is 0. The predicted octanol–water partition coefficient (Wildman–Crippen LogP) is -0.124. The maximum Gasteiger partial charge on any atom is 0.327 e. The second kappa shape index (κ2) is 5.13. The first kappa shape index (κ1) is 9.46. The third-order valence-electron chi connectivity index (χ3n) is 0.175. The minimum atomic E-state index is -0.981. The second-order valence-corrected chi connectivity index (χ2v) is 0.542. The number of hydrogen-bond donors (Lipinski definition) is 1. The third-order valence-corrected chi connectivity index (χ3v) is 0.175. The normalized spacial score (nSPS) is 5.33. The van der Waals surface area contributed by atoms with Crippen molar-refractivity contribution in [2.24, 2.45) is 0 Å². The summed E-state index contributed by atoms with van der Waals surface area (Å²) in [6.07, 6.45) is 0.833. The molecule has 0 atom stereocenters. The summed E-state index contributed by atoms with van der Waals surface area (Å²) in [5.74, 6) is -0.981. The molecule has 0 aliphatic carbocycles. The average molecular weight is 276 g/mol. The molecule has 0 heterocycles. The van der Waals surface area contributed by atoms with Crippen LogP contribution in [0.2, 0.25) is 0 Å². The molecule has 1 radical (unpaired) electrons. The van der Waals surface area contributed by atoms with Crippen LogP contribution in [0.15, 0.2) is 12.7 Å². The van der Waals surface area contributed by atoms with E-state index in [-0.39, 0.29) is 27.3 Å². The van der Waals surface area contributed by atoms with E-state index in [2.05, 4.69) is 6.58 Å². The van der Waals surface area contributed by atoms with Crippen LogP contribution in [0.5, 0.6) is 0 Å². The molecule has 0 unspecified atom stereocenters. The minimum Gasteiger partial charge on any atom is -0.478 e. The van der Waals surface area contributed by atoms with Gasteiger partial charge < -0.3 is 5.11 Å². The van der Waals surface area contributed by atoms with E-state index < -0.39 is 5.97 Å². The Labute approximate surface area is 56.0 Å². The van der Waals surface area contributed by atoms with Gasteiger partial charge in [-0.1, -0.05) is 6.58 Å². The molecule has 0 aromatic heterocycles. The molecule has 0 spiro atoms. The Kier molecular flexibility index (Phi) is 8.09. The van der Waals surface area contributed by atoms with Gasteiger partial charge in [-0.3, -0.25) is 0 Å². The molecular weight excluding hydrogens is 272 g/mol. The van der Waals surface area contributed by atoms with Crippen molar-refractivity contribution in [3.63, 3.8) is 0 Å². The summed E-state index contributed by atoms with van der Waals surface area (Å²) in [4.78, 5) is 9.25. The number of carboxylic acid groups (broad SMARTS) is 1. The van der Waals surface area contributed by atoms with Crippen molar-refractivity contribution in [1.29, 1.82) is 0 Å². The van der Waals surface area contributed by atoms with Crippen molar-refractivity contribution < 1.29 is 9.90 Å². The van der Waals surface area contributed by atoms with Crippen LogP contribution in [-0.2, 0) is 4.79 Å². The van der Waals surface area contributed by atoms with E-state index in [1.807, 2.05) is 0 Å². The van der Waals surface area contributed by atoms with Crippen LogP contribution in [0.4, 0.5) is 0 Å². The first-order valence-corrected chi connectivity index (χ1v) is 1.12. The third kappa shape index (κ3) is 8.92. The second-order valence-electron chi connectivity index (χ2n) is 0.542. The standard InChI is InChI=1S/C3H4O2.Tl/c1-2-3(4)5;/h2H,1H2,(H,4,5);. The van der Waals surface area contributed by atoms with E-state index in [1.165, 1.54) is 0 Å². The Morgan fingerprint density at radius 1 is 1.83 bits per heavy atom. The maximum absolute atomic E-state index is 9.25. The number of carbonyl (C=O) groups is 1. The van der Waals surface area contributed by atoms with Gasteiger partial charge in [0.05, 0.1) is 0 Å². The number of rotatable bonds is 1. The molecule has 0 bridgehead atoms. The Morgan fingerprint density at radius 3 is 2.00 bits per heavy atom. The quantitative estimate of drug-likeness (QED) is 0.535. The van der Waals surface area contributed by atoms with E-state index in [0.29, 0.717) is 0 Å². The summed E-state index contributed by atoms with van der Waals surface area (Å²) in [5, 5.41) is 7.60. The van der Waals surface area contributed by atoms with E-state index >= 15 is 0 Å². The van der Waals surface area contributed by atoms with Crippen LogP contribution < -0.4 is 0 Å². The molecule has 0 amide bonds. The van der Waals surface area contributed by atoms with E-state index in [9.17, 15) is 4.79 Å². The van der Waals surface area contributed by atoms with Crippen LogP contribution in [0.3, 0.4) is 0 Å². The van der Waals surface area contributed by atoms with Crippen LogP contribution >= 0.6 is 0 Å².